The lowest BCUT2D eigenvalue weighted by Gasteiger charge is -2.21. The minimum atomic E-state index is -0.239. The summed E-state index contributed by atoms with van der Waals surface area (Å²) in [6.07, 6.45) is 1.50. The van der Waals surface area contributed by atoms with Gasteiger partial charge in [0.05, 0.1) is 31.9 Å². The highest BCUT2D eigenvalue weighted by Crippen LogP contribution is 2.33. The second kappa shape index (κ2) is 9.56. The Morgan fingerprint density at radius 3 is 2.55 bits per heavy atom. The van der Waals surface area contributed by atoms with Crippen LogP contribution in [0.4, 0.5) is 0 Å². The third kappa shape index (κ3) is 5.00. The van der Waals surface area contributed by atoms with Crippen molar-refractivity contribution in [2.24, 2.45) is 0 Å². The van der Waals surface area contributed by atoms with Gasteiger partial charge in [-0.1, -0.05) is 48.0 Å². The fraction of sp³-hybridized carbons (Fsp3) is 0.269. The van der Waals surface area contributed by atoms with Gasteiger partial charge in [-0.25, -0.2) is 0 Å². The Morgan fingerprint density at radius 1 is 1.00 bits per heavy atom. The van der Waals surface area contributed by atoms with Crippen molar-refractivity contribution >= 4 is 5.91 Å². The summed E-state index contributed by atoms with van der Waals surface area (Å²) in [6, 6.07) is 21.4. The predicted molar refractivity (Wildman–Crippen MR) is 120 cm³/mol. The molecule has 1 atom stereocenters. The van der Waals surface area contributed by atoms with Gasteiger partial charge in [-0.05, 0) is 48.7 Å². The zero-order valence-electron chi connectivity index (χ0n) is 17.9. The van der Waals surface area contributed by atoms with Gasteiger partial charge in [0.15, 0.2) is 11.5 Å². The van der Waals surface area contributed by atoms with Crippen LogP contribution in [-0.2, 0) is 6.42 Å². The fourth-order valence-corrected chi connectivity index (χ4v) is 3.73. The van der Waals surface area contributed by atoms with Crippen LogP contribution in [-0.4, -0.2) is 26.2 Å². The number of hydrogen-bond donors (Lipinski definition) is 1. The minimum Gasteiger partial charge on any atom is -0.496 e. The molecule has 3 aromatic carbocycles. The van der Waals surface area contributed by atoms with Gasteiger partial charge >= 0.3 is 0 Å². The van der Waals surface area contributed by atoms with E-state index in [1.54, 1.807) is 7.11 Å². The number of amides is 1. The lowest BCUT2D eigenvalue weighted by Crippen LogP contribution is -2.30. The Bertz CT molecular complexity index is 1050. The van der Waals surface area contributed by atoms with Gasteiger partial charge in [0, 0.05) is 6.42 Å². The van der Waals surface area contributed by atoms with Crippen LogP contribution in [0, 0.1) is 6.92 Å². The van der Waals surface area contributed by atoms with Crippen LogP contribution in [0.5, 0.6) is 17.2 Å². The first-order valence-corrected chi connectivity index (χ1v) is 10.5. The molecular formula is C26H27NO4. The molecule has 0 aromatic heterocycles. The molecule has 5 nitrogen and oxygen atoms in total. The molecule has 1 unspecified atom stereocenters. The molecule has 0 radical (unpaired) electrons. The largest absolute Gasteiger partial charge is 0.496 e. The number of aryl methyl sites for hydroxylation is 1. The van der Waals surface area contributed by atoms with Gasteiger partial charge in [-0.15, -0.1) is 0 Å². The predicted octanol–water partition coefficient (Wildman–Crippen LogP) is 4.88. The molecule has 160 valence electrons. The van der Waals surface area contributed by atoms with Gasteiger partial charge in [0.2, 0.25) is 0 Å². The van der Waals surface area contributed by atoms with E-state index in [0.29, 0.717) is 30.9 Å². The summed E-state index contributed by atoms with van der Waals surface area (Å²) in [5, 5.41) is 3.21. The average Bonchev–Trinajstić information content (AvgIpc) is 3.04. The Kier molecular flexibility index (Phi) is 6.41. The molecule has 4 rings (SSSR count). The monoisotopic (exact) mass is 417 g/mol. The van der Waals surface area contributed by atoms with Gasteiger partial charge in [-0.2, -0.15) is 0 Å². The smallest absolute Gasteiger partial charge is 0.255 e. The van der Waals surface area contributed by atoms with Crippen molar-refractivity contribution in [2.75, 3.05) is 20.3 Å². The highest BCUT2D eigenvalue weighted by Gasteiger charge is 2.21. The molecule has 1 heterocycles. The summed E-state index contributed by atoms with van der Waals surface area (Å²) < 4.78 is 17.1. The zero-order chi connectivity index (χ0) is 21.6. The number of methoxy groups -OCH3 is 1. The maximum atomic E-state index is 13.2. The Morgan fingerprint density at radius 2 is 1.77 bits per heavy atom. The topological polar surface area (TPSA) is 56.8 Å². The van der Waals surface area contributed by atoms with E-state index >= 15 is 0 Å². The van der Waals surface area contributed by atoms with Crippen molar-refractivity contribution in [3.63, 3.8) is 0 Å². The number of nitrogens with one attached hydrogen (secondary N) is 1. The second-order valence-electron chi connectivity index (χ2n) is 7.68. The molecular weight excluding hydrogens is 390 g/mol. The van der Waals surface area contributed by atoms with Crippen LogP contribution in [0.3, 0.4) is 0 Å². The van der Waals surface area contributed by atoms with E-state index in [4.69, 9.17) is 14.2 Å². The van der Waals surface area contributed by atoms with E-state index in [2.05, 4.69) is 17.4 Å². The average molecular weight is 418 g/mol. The first-order valence-electron chi connectivity index (χ1n) is 10.5. The SMILES string of the molecule is COc1ccc(C)cc1C(=O)NC(Cc1ccccc1)c1ccc2c(c1)OCCCO2. The Balaban J connectivity index is 1.66. The maximum absolute atomic E-state index is 13.2. The van der Waals surface area contributed by atoms with Gasteiger partial charge in [-0.3, -0.25) is 4.79 Å². The van der Waals surface area contributed by atoms with E-state index in [1.807, 2.05) is 61.5 Å². The Labute approximate surface area is 183 Å². The molecule has 0 saturated carbocycles. The van der Waals surface area contributed by atoms with Crippen LogP contribution >= 0.6 is 0 Å². The maximum Gasteiger partial charge on any atom is 0.255 e. The first-order chi connectivity index (χ1) is 15.1. The first kappa shape index (κ1) is 20.8. The normalized spacial score (nSPS) is 13.7. The van der Waals surface area contributed by atoms with Gasteiger partial charge in [0.25, 0.3) is 5.91 Å². The number of carbonyl (C=O) groups excluding carboxylic acids is 1. The van der Waals surface area contributed by atoms with Crippen LogP contribution in [0.15, 0.2) is 66.7 Å². The van der Waals surface area contributed by atoms with Crippen molar-refractivity contribution in [1.82, 2.24) is 5.32 Å². The Hall–Kier alpha value is -3.47. The van der Waals surface area contributed by atoms with Crippen molar-refractivity contribution in [3.8, 4) is 17.2 Å². The van der Waals surface area contributed by atoms with Gasteiger partial charge in [0.1, 0.15) is 5.75 Å². The molecule has 1 N–H and O–H groups in total. The third-order valence-corrected chi connectivity index (χ3v) is 5.36. The number of carbonyl (C=O) groups is 1. The summed E-state index contributed by atoms with van der Waals surface area (Å²) >= 11 is 0. The highest BCUT2D eigenvalue weighted by atomic mass is 16.5. The lowest BCUT2D eigenvalue weighted by atomic mass is 9.97. The second-order valence-corrected chi connectivity index (χ2v) is 7.68. The molecule has 3 aromatic rings. The third-order valence-electron chi connectivity index (χ3n) is 5.36. The summed E-state index contributed by atoms with van der Waals surface area (Å²) in [4.78, 5) is 13.2. The van der Waals surface area contributed by atoms with Crippen LogP contribution in [0.2, 0.25) is 0 Å². The number of rotatable bonds is 6. The summed E-state index contributed by atoms with van der Waals surface area (Å²) in [5.41, 5.74) is 3.63. The molecule has 1 aliphatic rings. The molecule has 0 fully saturated rings. The van der Waals surface area contributed by atoms with E-state index in [9.17, 15) is 4.79 Å². The van der Waals surface area contributed by atoms with Crippen LogP contribution in [0.1, 0.15) is 39.5 Å². The van der Waals surface area contributed by atoms with E-state index in [0.717, 1.165) is 34.6 Å². The molecule has 1 aliphatic heterocycles. The van der Waals surface area contributed by atoms with E-state index in [-0.39, 0.29) is 11.9 Å². The van der Waals surface area contributed by atoms with Crippen molar-refractivity contribution < 1.29 is 19.0 Å². The van der Waals surface area contributed by atoms with Crippen LogP contribution < -0.4 is 19.5 Å². The van der Waals surface area contributed by atoms with Crippen molar-refractivity contribution in [1.29, 1.82) is 0 Å². The standard InChI is InChI=1S/C26H27NO4/c1-18-9-11-23(29-2)21(15-18)26(28)27-22(16-19-7-4-3-5-8-19)20-10-12-24-25(17-20)31-14-6-13-30-24/h3-5,7-12,15,17,22H,6,13-14,16H2,1-2H3,(H,27,28). The van der Waals surface area contributed by atoms with Gasteiger partial charge < -0.3 is 19.5 Å². The number of ether oxygens (including phenoxy) is 3. The summed E-state index contributed by atoms with van der Waals surface area (Å²) in [5.74, 6) is 1.84. The molecule has 31 heavy (non-hydrogen) atoms. The van der Waals surface area contributed by atoms with Crippen molar-refractivity contribution in [2.45, 2.75) is 25.8 Å². The molecule has 0 aliphatic carbocycles. The minimum absolute atomic E-state index is 0.173. The molecule has 1 amide bonds. The molecule has 5 heteroatoms. The molecule has 0 bridgehead atoms. The van der Waals surface area contributed by atoms with Crippen LogP contribution in [0.25, 0.3) is 0 Å². The number of hydrogen-bond acceptors (Lipinski definition) is 4. The lowest BCUT2D eigenvalue weighted by molar-refractivity contribution is 0.0933. The summed E-state index contributed by atoms with van der Waals surface area (Å²) in [6.45, 7) is 3.22. The molecule has 0 spiro atoms. The fourth-order valence-electron chi connectivity index (χ4n) is 3.73. The van der Waals surface area contributed by atoms with E-state index in [1.165, 1.54) is 0 Å². The number of benzene rings is 3. The molecule has 0 saturated heterocycles. The van der Waals surface area contributed by atoms with Crippen molar-refractivity contribution in [3.05, 3.63) is 89.0 Å². The summed E-state index contributed by atoms with van der Waals surface area (Å²) in [7, 11) is 1.58. The zero-order valence-corrected chi connectivity index (χ0v) is 17.9. The quantitative estimate of drug-likeness (QED) is 0.621. The number of fused-ring (bicyclic) bond motifs is 1. The van der Waals surface area contributed by atoms with E-state index < -0.39 is 0 Å². The highest BCUT2D eigenvalue weighted by molar-refractivity contribution is 5.97.